The highest BCUT2D eigenvalue weighted by molar-refractivity contribution is 6.49. The smallest absolute Gasteiger partial charge is 0.0962 e. The molecule has 0 spiro atoms. The molecule has 1 heterocycles. The van der Waals surface area contributed by atoms with Gasteiger partial charge in [0.1, 0.15) is 0 Å². The lowest BCUT2D eigenvalue weighted by Crippen LogP contribution is -2.29. The number of allylic oxidation sites excluding steroid dienone is 6. The van der Waals surface area contributed by atoms with Crippen molar-refractivity contribution in [3.63, 3.8) is 0 Å². The normalized spacial score (nSPS) is 22.5. The molecule has 1 aromatic carbocycles. The van der Waals surface area contributed by atoms with Crippen molar-refractivity contribution in [3.05, 3.63) is 105 Å². The molecule has 0 radical (unpaired) electrons. The minimum atomic E-state index is 0.0707. The molecule has 2 unspecified atom stereocenters. The Kier molecular flexibility index (Phi) is 8.33. The van der Waals surface area contributed by atoms with E-state index in [0.29, 0.717) is 6.04 Å². The highest BCUT2D eigenvalue weighted by Gasteiger charge is 2.28. The lowest BCUT2D eigenvalue weighted by Gasteiger charge is -2.30. The Morgan fingerprint density at radius 3 is 2.79 bits per heavy atom. The van der Waals surface area contributed by atoms with Crippen molar-refractivity contribution in [3.8, 4) is 0 Å². The van der Waals surface area contributed by atoms with E-state index in [1.807, 2.05) is 6.08 Å². The van der Waals surface area contributed by atoms with Crippen LogP contribution in [0.4, 0.5) is 0 Å². The van der Waals surface area contributed by atoms with E-state index in [0.717, 1.165) is 84.8 Å². The third-order valence-corrected chi connectivity index (χ3v) is 8.32. The zero-order valence-corrected chi connectivity index (χ0v) is 23.7. The Hall–Kier alpha value is -2.91. The van der Waals surface area contributed by atoms with Gasteiger partial charge in [-0.05, 0) is 112 Å². The molecule has 1 N–H and O–H groups in total. The maximum atomic E-state index is 6.26. The van der Waals surface area contributed by atoms with Gasteiger partial charge in [0.15, 0.2) is 0 Å². The van der Waals surface area contributed by atoms with Crippen LogP contribution >= 0.6 is 11.6 Å². The molecule has 38 heavy (non-hydrogen) atoms. The van der Waals surface area contributed by atoms with Crippen molar-refractivity contribution in [2.24, 2.45) is 9.98 Å². The van der Waals surface area contributed by atoms with Crippen molar-refractivity contribution in [1.82, 2.24) is 5.32 Å². The Morgan fingerprint density at radius 1 is 1.13 bits per heavy atom. The maximum absolute atomic E-state index is 6.26. The van der Waals surface area contributed by atoms with E-state index in [-0.39, 0.29) is 6.04 Å². The van der Waals surface area contributed by atoms with Crippen LogP contribution in [0.15, 0.2) is 98.8 Å². The van der Waals surface area contributed by atoms with Crippen LogP contribution in [-0.2, 0) is 6.42 Å². The molecule has 3 nitrogen and oxygen atoms in total. The molecule has 4 heteroatoms. The van der Waals surface area contributed by atoms with Gasteiger partial charge >= 0.3 is 0 Å². The number of halogens is 1. The van der Waals surface area contributed by atoms with Crippen molar-refractivity contribution in [2.45, 2.75) is 90.1 Å². The second kappa shape index (κ2) is 11.9. The second-order valence-electron chi connectivity index (χ2n) is 11.3. The predicted octanol–water partition coefficient (Wildman–Crippen LogP) is 8.93. The zero-order valence-electron chi connectivity index (χ0n) is 23.0. The summed E-state index contributed by atoms with van der Waals surface area (Å²) < 4.78 is 0. The molecule has 0 saturated carbocycles. The summed E-state index contributed by atoms with van der Waals surface area (Å²) in [7, 11) is 0. The minimum Gasteiger partial charge on any atom is -0.378 e. The van der Waals surface area contributed by atoms with Crippen LogP contribution in [0.5, 0.6) is 0 Å². The average Bonchev–Trinajstić information content (AvgIpc) is 2.90. The summed E-state index contributed by atoms with van der Waals surface area (Å²) in [5.74, 6) is 0. The maximum Gasteiger partial charge on any atom is 0.0962 e. The minimum absolute atomic E-state index is 0.0707. The van der Waals surface area contributed by atoms with Crippen LogP contribution in [-0.4, -0.2) is 17.5 Å². The van der Waals surface area contributed by atoms with Gasteiger partial charge in [-0.1, -0.05) is 59.7 Å². The van der Waals surface area contributed by atoms with E-state index in [4.69, 9.17) is 21.6 Å². The van der Waals surface area contributed by atoms with Crippen LogP contribution in [0.2, 0.25) is 0 Å². The first-order valence-electron chi connectivity index (χ1n) is 14.2. The van der Waals surface area contributed by atoms with E-state index in [1.165, 1.54) is 40.7 Å². The molecule has 0 fully saturated rings. The molecule has 4 aliphatic rings. The lowest BCUT2D eigenvalue weighted by atomic mass is 9.86. The number of rotatable bonds is 9. The van der Waals surface area contributed by atoms with Gasteiger partial charge in [0.25, 0.3) is 0 Å². The van der Waals surface area contributed by atoms with Crippen LogP contribution in [0, 0.1) is 6.92 Å². The standard InChI is InChI=1S/C34H40ClN3/c1-22(2)8-5-6-10-32-34(25-13-16-28(35)17-14-25)38-31-19-15-26(21-33(31)37-32)24(4)36-30-11-7-9-27-20-23(3)12-18-29(27)30/h12-13,15-16,18,20-21,30-31,36H,1,4-11,14,17,19H2,2-3H3. The number of hydrogen-bond donors (Lipinski definition) is 1. The van der Waals surface area contributed by atoms with Gasteiger partial charge in [-0.15, -0.1) is 6.58 Å². The highest BCUT2D eigenvalue weighted by Crippen LogP contribution is 2.35. The quantitative estimate of drug-likeness (QED) is 0.253. The summed E-state index contributed by atoms with van der Waals surface area (Å²) in [5.41, 5.74) is 12.1. The van der Waals surface area contributed by atoms with Gasteiger partial charge in [-0.3, -0.25) is 9.98 Å². The van der Waals surface area contributed by atoms with Crippen molar-refractivity contribution in [2.75, 3.05) is 0 Å². The third-order valence-electron chi connectivity index (χ3n) is 8.01. The van der Waals surface area contributed by atoms with Crippen LogP contribution < -0.4 is 5.32 Å². The van der Waals surface area contributed by atoms with Crippen molar-refractivity contribution >= 4 is 23.0 Å². The van der Waals surface area contributed by atoms with Gasteiger partial charge in [0.05, 0.1) is 29.2 Å². The lowest BCUT2D eigenvalue weighted by molar-refractivity contribution is 0.502. The second-order valence-corrected chi connectivity index (χ2v) is 11.7. The predicted molar refractivity (Wildman–Crippen MR) is 163 cm³/mol. The molecular formula is C34H40ClN3. The van der Waals surface area contributed by atoms with Gasteiger partial charge in [-0.25, -0.2) is 0 Å². The van der Waals surface area contributed by atoms with Gasteiger partial charge in [-0.2, -0.15) is 0 Å². The van der Waals surface area contributed by atoms with Gasteiger partial charge in [0.2, 0.25) is 0 Å². The fourth-order valence-electron chi connectivity index (χ4n) is 5.91. The molecule has 0 saturated heterocycles. The SMILES string of the molecule is C=C(C)CCCCC1=NC2=CC(C(=C)NC3CCCc4cc(C)ccc43)=CCC2N=C1C1=CC=C(Cl)CC1. The first-order chi connectivity index (χ1) is 18.4. The number of benzene rings is 1. The number of nitrogens with one attached hydrogen (secondary N) is 1. The number of hydrogen-bond acceptors (Lipinski definition) is 3. The first kappa shape index (κ1) is 26.7. The summed E-state index contributed by atoms with van der Waals surface area (Å²) in [6.07, 6.45) is 19.0. The van der Waals surface area contributed by atoms with Crippen molar-refractivity contribution in [1.29, 1.82) is 0 Å². The highest BCUT2D eigenvalue weighted by atomic mass is 35.5. The van der Waals surface area contributed by atoms with E-state index in [9.17, 15) is 0 Å². The largest absolute Gasteiger partial charge is 0.378 e. The Balaban J connectivity index is 1.34. The Morgan fingerprint density at radius 2 is 2.00 bits per heavy atom. The number of fused-ring (bicyclic) bond motifs is 2. The molecule has 1 aliphatic heterocycles. The Bertz CT molecular complexity index is 1320. The van der Waals surface area contributed by atoms with E-state index in [2.05, 4.69) is 68.7 Å². The molecular weight excluding hydrogens is 486 g/mol. The number of nitrogens with zero attached hydrogens (tertiary/aromatic N) is 2. The number of unbranched alkanes of at least 4 members (excludes halogenated alkanes) is 1. The molecule has 5 rings (SSSR count). The first-order valence-corrected chi connectivity index (χ1v) is 14.6. The molecule has 3 aliphatic carbocycles. The molecule has 1 aromatic rings. The Labute approximate surface area is 233 Å². The monoisotopic (exact) mass is 525 g/mol. The average molecular weight is 526 g/mol. The summed E-state index contributed by atoms with van der Waals surface area (Å²) in [5, 5.41) is 4.67. The van der Waals surface area contributed by atoms with Crippen LogP contribution in [0.3, 0.4) is 0 Å². The van der Waals surface area contributed by atoms with Gasteiger partial charge < -0.3 is 5.32 Å². The number of aliphatic imine (C=N–C) groups is 2. The van der Waals surface area contributed by atoms with E-state index in [1.54, 1.807) is 0 Å². The zero-order chi connectivity index (χ0) is 26.6. The van der Waals surface area contributed by atoms with Crippen LogP contribution in [0.1, 0.15) is 87.4 Å². The fraction of sp³-hybridized carbons (Fsp3) is 0.412. The summed E-state index contributed by atoms with van der Waals surface area (Å²) >= 11 is 6.26. The summed E-state index contributed by atoms with van der Waals surface area (Å²) in [4.78, 5) is 10.5. The molecule has 0 aromatic heterocycles. The van der Waals surface area contributed by atoms with E-state index < -0.39 is 0 Å². The number of aryl methyl sites for hydroxylation is 2. The summed E-state index contributed by atoms with van der Waals surface area (Å²) in [6, 6.07) is 7.24. The summed E-state index contributed by atoms with van der Waals surface area (Å²) in [6.45, 7) is 12.8. The molecule has 0 bridgehead atoms. The van der Waals surface area contributed by atoms with E-state index >= 15 is 0 Å². The van der Waals surface area contributed by atoms with Crippen LogP contribution in [0.25, 0.3) is 0 Å². The topological polar surface area (TPSA) is 36.8 Å². The van der Waals surface area contributed by atoms with Crippen molar-refractivity contribution < 1.29 is 0 Å². The molecule has 198 valence electrons. The fourth-order valence-corrected chi connectivity index (χ4v) is 6.06. The van der Waals surface area contributed by atoms with Gasteiger partial charge in [0, 0.05) is 10.7 Å². The molecule has 0 amide bonds. The third kappa shape index (κ3) is 6.21. The molecule has 2 atom stereocenters.